The average Bonchev–Trinajstić information content (AvgIpc) is 3.06. The van der Waals surface area contributed by atoms with Crippen molar-refractivity contribution in [3.63, 3.8) is 0 Å². The van der Waals surface area contributed by atoms with Crippen molar-refractivity contribution >= 4 is 11.4 Å². The van der Waals surface area contributed by atoms with Gasteiger partial charge in [-0.15, -0.1) is 0 Å². The minimum absolute atomic E-state index is 0.0177. The molecule has 42 heavy (non-hydrogen) atoms. The van der Waals surface area contributed by atoms with Gasteiger partial charge in [-0.3, -0.25) is 0 Å². The highest BCUT2D eigenvalue weighted by molar-refractivity contribution is 6.46. The molecule has 0 spiro atoms. The van der Waals surface area contributed by atoms with Crippen molar-refractivity contribution in [3.8, 4) is 0 Å². The molecule has 0 aliphatic heterocycles. The van der Waals surface area contributed by atoms with Crippen molar-refractivity contribution in [3.05, 3.63) is 144 Å². The van der Waals surface area contributed by atoms with E-state index in [2.05, 4.69) is 10.3 Å². The third-order valence-electron chi connectivity index (χ3n) is 7.05. The quantitative estimate of drug-likeness (QED) is 0.161. The molecule has 8 heteroatoms. The predicted octanol–water partition coefficient (Wildman–Crippen LogP) is 6.00. The maximum absolute atomic E-state index is 10.2. The van der Waals surface area contributed by atoms with E-state index in [1.54, 1.807) is 0 Å². The summed E-state index contributed by atoms with van der Waals surface area (Å²) < 4.78 is 25.8. The molecule has 4 atom stereocenters. The molecular weight excluding hydrogens is 532 g/mol. The van der Waals surface area contributed by atoms with Gasteiger partial charge in [0, 0.05) is 0 Å². The zero-order valence-corrected chi connectivity index (χ0v) is 23.1. The molecule has 0 bridgehead atoms. The summed E-state index contributed by atoms with van der Waals surface area (Å²) in [5, 5.41) is 27.5. The maximum Gasteiger partial charge on any atom is 0.139 e. The second-order valence-corrected chi connectivity index (χ2v) is 9.93. The molecule has 0 heterocycles. The van der Waals surface area contributed by atoms with Gasteiger partial charge in [0.25, 0.3) is 0 Å². The molecule has 8 nitrogen and oxygen atoms in total. The molecule has 5 rings (SSSR count). The van der Waals surface area contributed by atoms with E-state index in [-0.39, 0.29) is 37.9 Å². The lowest BCUT2D eigenvalue weighted by atomic mass is 9.85. The van der Waals surface area contributed by atoms with Crippen LogP contribution in [0, 0.1) is 0 Å². The van der Waals surface area contributed by atoms with Crippen LogP contribution in [-0.2, 0) is 45.4 Å². The Labute approximate surface area is 245 Å². The Hall–Kier alpha value is -4.34. The first-order valence-electron chi connectivity index (χ1n) is 13.8. The molecule has 1 aliphatic rings. The highest BCUT2D eigenvalue weighted by atomic mass is 16.6. The summed E-state index contributed by atoms with van der Waals surface area (Å²) in [7, 11) is 0. The van der Waals surface area contributed by atoms with Crippen LogP contribution in [-0.4, -0.2) is 46.3 Å². The van der Waals surface area contributed by atoms with Gasteiger partial charge in [0.15, 0.2) is 0 Å². The highest BCUT2D eigenvalue weighted by Gasteiger charge is 2.51. The number of benzene rings is 4. The van der Waals surface area contributed by atoms with E-state index in [0.717, 1.165) is 22.3 Å². The summed E-state index contributed by atoms with van der Waals surface area (Å²) in [6, 6.07) is 38.8. The summed E-state index contributed by atoms with van der Waals surface area (Å²) in [4.78, 5) is 0. The standard InChI is InChI=1S/C34H34N2O6/c37-35-29-30(36-38)32(40-22-26-15-7-2-8-16-26)34(42-24-28-19-11-4-12-20-28)33(41-23-27-17-9-3-10-18-27)31(29)39-21-25-13-5-1-6-14-25/h1-20,31-34,37-38H,21-24H2/b35-29-,36-30+/t31-,32-,33-,34-/m1/s1. The molecule has 0 unspecified atom stereocenters. The number of hydrogen-bond donors (Lipinski definition) is 2. The predicted molar refractivity (Wildman–Crippen MR) is 159 cm³/mol. The zero-order chi connectivity index (χ0) is 29.0. The molecule has 0 aromatic heterocycles. The third-order valence-corrected chi connectivity index (χ3v) is 7.05. The highest BCUT2D eigenvalue weighted by Crippen LogP contribution is 2.30. The van der Waals surface area contributed by atoms with E-state index in [1.807, 2.05) is 121 Å². The Morgan fingerprint density at radius 3 is 0.929 bits per heavy atom. The van der Waals surface area contributed by atoms with Crippen molar-refractivity contribution in [2.75, 3.05) is 0 Å². The molecule has 216 valence electrons. The Balaban J connectivity index is 1.50. The molecular formula is C34H34N2O6. The number of ether oxygens (including phenoxy) is 4. The molecule has 1 saturated carbocycles. The number of nitrogens with zero attached hydrogens (tertiary/aromatic N) is 2. The SMILES string of the molecule is O/N=C1/C(=N\O)[C@@H](OCc2ccccc2)[C@@H](OCc2ccccc2)[C@H](OCc2ccccc2)[C@@H]1OCc1ccccc1. The van der Waals surface area contributed by atoms with Gasteiger partial charge >= 0.3 is 0 Å². The fourth-order valence-corrected chi connectivity index (χ4v) is 4.93. The van der Waals surface area contributed by atoms with Crippen molar-refractivity contribution in [2.24, 2.45) is 10.3 Å². The molecule has 1 fully saturated rings. The van der Waals surface area contributed by atoms with Crippen LogP contribution in [0.5, 0.6) is 0 Å². The maximum atomic E-state index is 10.2. The summed E-state index contributed by atoms with van der Waals surface area (Å²) in [6.45, 7) is 0.903. The van der Waals surface area contributed by atoms with E-state index < -0.39 is 24.4 Å². The zero-order valence-electron chi connectivity index (χ0n) is 23.1. The topological polar surface area (TPSA) is 102 Å². The van der Waals surface area contributed by atoms with Gasteiger partial charge in [0.05, 0.1) is 26.4 Å². The lowest BCUT2D eigenvalue weighted by Crippen LogP contribution is -2.62. The van der Waals surface area contributed by atoms with Crippen LogP contribution in [0.1, 0.15) is 22.3 Å². The number of oxime groups is 2. The molecule has 1 aliphatic carbocycles. The summed E-state index contributed by atoms with van der Waals surface area (Å²) in [6.07, 6.45) is -3.42. The van der Waals surface area contributed by atoms with E-state index in [9.17, 15) is 10.4 Å². The van der Waals surface area contributed by atoms with Crippen LogP contribution < -0.4 is 0 Å². The second-order valence-electron chi connectivity index (χ2n) is 9.93. The van der Waals surface area contributed by atoms with E-state index in [4.69, 9.17) is 18.9 Å². The fourth-order valence-electron chi connectivity index (χ4n) is 4.93. The lowest BCUT2D eigenvalue weighted by molar-refractivity contribution is -0.169. The Kier molecular flexibility index (Phi) is 10.4. The van der Waals surface area contributed by atoms with Crippen molar-refractivity contribution in [2.45, 2.75) is 50.8 Å². The van der Waals surface area contributed by atoms with Crippen molar-refractivity contribution < 1.29 is 29.4 Å². The van der Waals surface area contributed by atoms with E-state index in [0.29, 0.717) is 0 Å². The molecule has 0 radical (unpaired) electrons. The largest absolute Gasteiger partial charge is 0.411 e. The van der Waals surface area contributed by atoms with Gasteiger partial charge in [-0.25, -0.2) is 0 Å². The first-order valence-corrected chi connectivity index (χ1v) is 13.8. The van der Waals surface area contributed by atoms with Gasteiger partial charge in [0.1, 0.15) is 35.8 Å². The molecule has 4 aromatic rings. The Bertz CT molecular complexity index is 1310. The van der Waals surface area contributed by atoms with Crippen LogP contribution in [0.3, 0.4) is 0 Å². The minimum Gasteiger partial charge on any atom is -0.411 e. The normalized spacial score (nSPS) is 22.4. The molecule has 0 saturated heterocycles. The average molecular weight is 567 g/mol. The first kappa shape index (κ1) is 29.2. The van der Waals surface area contributed by atoms with Crippen LogP contribution in [0.4, 0.5) is 0 Å². The third kappa shape index (κ3) is 7.48. The van der Waals surface area contributed by atoms with E-state index in [1.165, 1.54) is 0 Å². The van der Waals surface area contributed by atoms with Crippen LogP contribution in [0.2, 0.25) is 0 Å². The van der Waals surface area contributed by atoms with E-state index >= 15 is 0 Å². The summed E-state index contributed by atoms with van der Waals surface area (Å²) in [5.41, 5.74) is 3.78. The summed E-state index contributed by atoms with van der Waals surface area (Å²) >= 11 is 0. The Morgan fingerprint density at radius 1 is 0.405 bits per heavy atom. The molecule has 4 aromatic carbocycles. The first-order chi connectivity index (χ1) is 20.8. The molecule has 2 N–H and O–H groups in total. The van der Waals surface area contributed by atoms with Crippen LogP contribution in [0.25, 0.3) is 0 Å². The molecule has 0 amide bonds. The van der Waals surface area contributed by atoms with Crippen LogP contribution in [0.15, 0.2) is 132 Å². The smallest absolute Gasteiger partial charge is 0.139 e. The minimum atomic E-state index is -0.929. The van der Waals surface area contributed by atoms with Gasteiger partial charge < -0.3 is 29.4 Å². The van der Waals surface area contributed by atoms with Crippen molar-refractivity contribution in [1.82, 2.24) is 0 Å². The fraction of sp³-hybridized carbons (Fsp3) is 0.235. The van der Waals surface area contributed by atoms with Gasteiger partial charge in [-0.2, -0.15) is 0 Å². The van der Waals surface area contributed by atoms with Crippen molar-refractivity contribution in [1.29, 1.82) is 0 Å². The number of rotatable bonds is 12. The lowest BCUT2D eigenvalue weighted by Gasteiger charge is -2.42. The van der Waals surface area contributed by atoms with Gasteiger partial charge in [0.2, 0.25) is 0 Å². The van der Waals surface area contributed by atoms with Gasteiger partial charge in [-0.05, 0) is 22.3 Å². The number of hydrogen-bond acceptors (Lipinski definition) is 8. The summed E-state index contributed by atoms with van der Waals surface area (Å²) in [5.74, 6) is 0. The Morgan fingerprint density at radius 2 is 0.667 bits per heavy atom. The van der Waals surface area contributed by atoms with Gasteiger partial charge in [-0.1, -0.05) is 132 Å². The monoisotopic (exact) mass is 566 g/mol. The second kappa shape index (κ2) is 15.0. The van der Waals surface area contributed by atoms with Crippen LogP contribution >= 0.6 is 0 Å².